The Bertz CT molecular complexity index is 328. The molecule has 1 aromatic carbocycles. The van der Waals surface area contributed by atoms with E-state index in [1.165, 1.54) is 12.1 Å². The Morgan fingerprint density at radius 2 is 2.14 bits per heavy atom. The molecule has 1 rings (SSSR count). The van der Waals surface area contributed by atoms with Crippen molar-refractivity contribution in [2.45, 2.75) is 19.4 Å². The van der Waals surface area contributed by atoms with Crippen LogP contribution >= 0.6 is 0 Å². The highest BCUT2D eigenvalue weighted by molar-refractivity contribution is 5.42. The van der Waals surface area contributed by atoms with Gasteiger partial charge in [-0.2, -0.15) is 0 Å². The molecule has 78 valence electrons. The molecule has 1 atom stereocenters. The summed E-state index contributed by atoms with van der Waals surface area (Å²) in [6.45, 7) is 2.07. The van der Waals surface area contributed by atoms with Gasteiger partial charge < -0.3 is 16.6 Å². The molecule has 3 nitrogen and oxygen atoms in total. The monoisotopic (exact) mass is 198 g/mol. The first-order valence-electron chi connectivity index (χ1n) is 4.51. The van der Waals surface area contributed by atoms with Gasteiger partial charge in [-0.15, -0.1) is 0 Å². The SMILES string of the molecule is Cc1ccc(F)c([C@H](N)CCN)c1O. The van der Waals surface area contributed by atoms with Crippen molar-refractivity contribution in [3.63, 3.8) is 0 Å². The molecule has 0 aromatic heterocycles. The van der Waals surface area contributed by atoms with Crippen LogP contribution in [-0.4, -0.2) is 11.7 Å². The minimum atomic E-state index is -0.542. The number of nitrogens with two attached hydrogens (primary N) is 2. The van der Waals surface area contributed by atoms with Crippen LogP contribution in [0.2, 0.25) is 0 Å². The number of hydrogen-bond acceptors (Lipinski definition) is 3. The molecule has 0 saturated carbocycles. The third-order valence-electron chi connectivity index (χ3n) is 2.21. The number of rotatable bonds is 3. The lowest BCUT2D eigenvalue weighted by Gasteiger charge is -2.14. The number of phenols is 1. The van der Waals surface area contributed by atoms with Crippen LogP contribution in [0.15, 0.2) is 12.1 Å². The Labute approximate surface area is 82.5 Å². The number of aromatic hydroxyl groups is 1. The molecule has 1 aromatic rings. The molecule has 4 heteroatoms. The molecule has 14 heavy (non-hydrogen) atoms. The third kappa shape index (κ3) is 2.02. The minimum absolute atomic E-state index is 0.0639. The Morgan fingerprint density at radius 1 is 1.50 bits per heavy atom. The normalized spacial score (nSPS) is 12.9. The number of hydrogen-bond donors (Lipinski definition) is 3. The van der Waals surface area contributed by atoms with Crippen LogP contribution in [0.25, 0.3) is 0 Å². The topological polar surface area (TPSA) is 72.3 Å². The molecule has 0 heterocycles. The van der Waals surface area contributed by atoms with E-state index in [9.17, 15) is 9.50 Å². The Balaban J connectivity index is 3.11. The van der Waals surface area contributed by atoms with Gasteiger partial charge >= 0.3 is 0 Å². The van der Waals surface area contributed by atoms with Crippen LogP contribution < -0.4 is 11.5 Å². The van der Waals surface area contributed by atoms with Crippen molar-refractivity contribution in [3.8, 4) is 5.75 Å². The molecule has 0 aliphatic carbocycles. The standard InChI is InChI=1S/C10H15FN2O/c1-6-2-3-7(11)9(10(6)14)8(13)4-5-12/h2-3,8,14H,4-5,12-13H2,1H3/t8-/m1/s1. The van der Waals surface area contributed by atoms with Crippen molar-refractivity contribution < 1.29 is 9.50 Å². The Morgan fingerprint density at radius 3 is 2.71 bits per heavy atom. The zero-order valence-electron chi connectivity index (χ0n) is 8.13. The van der Waals surface area contributed by atoms with Gasteiger partial charge in [0, 0.05) is 11.6 Å². The van der Waals surface area contributed by atoms with Crippen LogP contribution in [0, 0.1) is 12.7 Å². The Kier molecular flexibility index (Phi) is 3.43. The zero-order valence-corrected chi connectivity index (χ0v) is 8.13. The molecule has 0 unspecified atom stereocenters. The average Bonchev–Trinajstić information content (AvgIpc) is 2.13. The number of aryl methyl sites for hydroxylation is 1. The molecule has 0 spiro atoms. The molecule has 0 aliphatic heterocycles. The van der Waals surface area contributed by atoms with Gasteiger partial charge in [0.2, 0.25) is 0 Å². The quantitative estimate of drug-likeness (QED) is 0.683. The highest BCUT2D eigenvalue weighted by Crippen LogP contribution is 2.30. The van der Waals surface area contributed by atoms with E-state index in [0.29, 0.717) is 18.5 Å². The molecule has 0 fully saturated rings. The highest BCUT2D eigenvalue weighted by Gasteiger charge is 2.16. The summed E-state index contributed by atoms with van der Waals surface area (Å²) in [5.41, 5.74) is 11.8. The summed E-state index contributed by atoms with van der Waals surface area (Å²) < 4.78 is 13.3. The number of benzene rings is 1. The van der Waals surface area contributed by atoms with E-state index >= 15 is 0 Å². The fraction of sp³-hybridized carbons (Fsp3) is 0.400. The van der Waals surface area contributed by atoms with Crippen LogP contribution in [0.3, 0.4) is 0 Å². The molecule has 0 bridgehead atoms. The van der Waals surface area contributed by atoms with E-state index in [0.717, 1.165) is 0 Å². The van der Waals surface area contributed by atoms with Crippen molar-refractivity contribution in [1.29, 1.82) is 0 Å². The molecule has 0 amide bonds. The first-order chi connectivity index (χ1) is 6.57. The van der Waals surface area contributed by atoms with Gasteiger partial charge in [0.1, 0.15) is 11.6 Å². The van der Waals surface area contributed by atoms with Crippen molar-refractivity contribution in [2.75, 3.05) is 6.54 Å². The van der Waals surface area contributed by atoms with Gasteiger partial charge in [-0.3, -0.25) is 0 Å². The van der Waals surface area contributed by atoms with Crippen LogP contribution in [-0.2, 0) is 0 Å². The van der Waals surface area contributed by atoms with E-state index in [-0.39, 0.29) is 11.3 Å². The molecular weight excluding hydrogens is 183 g/mol. The maximum Gasteiger partial charge on any atom is 0.131 e. The lowest BCUT2D eigenvalue weighted by Crippen LogP contribution is -2.17. The van der Waals surface area contributed by atoms with Gasteiger partial charge in [0.05, 0.1) is 0 Å². The smallest absolute Gasteiger partial charge is 0.131 e. The fourth-order valence-corrected chi connectivity index (χ4v) is 1.37. The molecule has 0 aliphatic rings. The third-order valence-corrected chi connectivity index (χ3v) is 2.21. The minimum Gasteiger partial charge on any atom is -0.507 e. The van der Waals surface area contributed by atoms with Crippen molar-refractivity contribution in [3.05, 3.63) is 29.1 Å². The van der Waals surface area contributed by atoms with Gasteiger partial charge in [0.25, 0.3) is 0 Å². The molecular formula is C10H15FN2O. The summed E-state index contributed by atoms with van der Waals surface area (Å²) in [6, 6.07) is 2.28. The summed E-state index contributed by atoms with van der Waals surface area (Å²) in [6.07, 6.45) is 0.452. The first kappa shape index (κ1) is 10.9. The summed E-state index contributed by atoms with van der Waals surface area (Å²) in [4.78, 5) is 0. The highest BCUT2D eigenvalue weighted by atomic mass is 19.1. The van der Waals surface area contributed by atoms with E-state index in [4.69, 9.17) is 11.5 Å². The van der Waals surface area contributed by atoms with Gasteiger partial charge in [0.15, 0.2) is 0 Å². The first-order valence-corrected chi connectivity index (χ1v) is 4.51. The fourth-order valence-electron chi connectivity index (χ4n) is 1.37. The van der Waals surface area contributed by atoms with E-state index in [1.54, 1.807) is 6.92 Å². The van der Waals surface area contributed by atoms with Gasteiger partial charge in [-0.1, -0.05) is 6.07 Å². The van der Waals surface area contributed by atoms with Crippen LogP contribution in [0.5, 0.6) is 5.75 Å². The second kappa shape index (κ2) is 4.39. The lowest BCUT2D eigenvalue weighted by atomic mass is 10.0. The van der Waals surface area contributed by atoms with Crippen molar-refractivity contribution in [2.24, 2.45) is 11.5 Å². The average molecular weight is 198 g/mol. The maximum absolute atomic E-state index is 13.3. The van der Waals surface area contributed by atoms with E-state index in [2.05, 4.69) is 0 Å². The van der Waals surface area contributed by atoms with E-state index < -0.39 is 11.9 Å². The summed E-state index contributed by atoms with van der Waals surface area (Å²) in [7, 11) is 0. The molecule has 5 N–H and O–H groups in total. The van der Waals surface area contributed by atoms with E-state index in [1.807, 2.05) is 0 Å². The largest absolute Gasteiger partial charge is 0.507 e. The zero-order chi connectivity index (χ0) is 10.7. The molecule has 0 saturated heterocycles. The van der Waals surface area contributed by atoms with Crippen LogP contribution in [0.1, 0.15) is 23.6 Å². The summed E-state index contributed by atoms with van der Waals surface area (Å²) >= 11 is 0. The Hall–Kier alpha value is -1.13. The van der Waals surface area contributed by atoms with Gasteiger partial charge in [-0.25, -0.2) is 4.39 Å². The number of phenolic OH excluding ortho intramolecular Hbond substituents is 1. The second-order valence-corrected chi connectivity index (χ2v) is 3.31. The predicted octanol–water partition coefficient (Wildman–Crippen LogP) is 1.19. The summed E-state index contributed by atoms with van der Waals surface area (Å²) in [5, 5.41) is 9.61. The predicted molar refractivity (Wildman–Crippen MR) is 53.4 cm³/mol. The molecule has 0 radical (unpaired) electrons. The lowest BCUT2D eigenvalue weighted by molar-refractivity contribution is 0.442. The maximum atomic E-state index is 13.3. The summed E-state index contributed by atoms with van der Waals surface area (Å²) in [5.74, 6) is -0.542. The second-order valence-electron chi connectivity index (χ2n) is 3.31. The van der Waals surface area contributed by atoms with Crippen molar-refractivity contribution >= 4 is 0 Å². The number of halogens is 1. The van der Waals surface area contributed by atoms with Crippen molar-refractivity contribution in [1.82, 2.24) is 0 Å². The van der Waals surface area contributed by atoms with Crippen LogP contribution in [0.4, 0.5) is 4.39 Å². The van der Waals surface area contributed by atoms with Gasteiger partial charge in [-0.05, 0) is 31.5 Å².